The molecule has 0 spiro atoms. The van der Waals surface area contributed by atoms with Crippen LogP contribution in [0.2, 0.25) is 0 Å². The van der Waals surface area contributed by atoms with E-state index in [2.05, 4.69) is 20.3 Å². The van der Waals surface area contributed by atoms with Gasteiger partial charge in [0.15, 0.2) is 5.96 Å². The second-order valence-corrected chi connectivity index (χ2v) is 7.80. The van der Waals surface area contributed by atoms with Gasteiger partial charge in [-0.2, -0.15) is 4.99 Å². The molecule has 0 radical (unpaired) electrons. The van der Waals surface area contributed by atoms with Gasteiger partial charge < -0.3 is 21.9 Å². The highest BCUT2D eigenvalue weighted by Gasteiger charge is 2.18. The van der Waals surface area contributed by atoms with E-state index in [0.29, 0.717) is 10.7 Å². The number of nitrogens with one attached hydrogen (secondary N) is 1. The molecule has 6 N–H and O–H groups in total. The molecule has 0 aliphatic heterocycles. The van der Waals surface area contributed by atoms with Crippen LogP contribution in [0.4, 0.5) is 5.13 Å². The predicted molar refractivity (Wildman–Crippen MR) is 119 cm³/mol. The maximum Gasteiger partial charge on any atom is 0.304 e. The van der Waals surface area contributed by atoms with Gasteiger partial charge in [0, 0.05) is 30.4 Å². The molecule has 0 bridgehead atoms. The Morgan fingerprint density at radius 3 is 2.74 bits per heavy atom. The van der Waals surface area contributed by atoms with Crippen molar-refractivity contribution in [3.8, 4) is 10.4 Å². The number of rotatable bonds is 8. The van der Waals surface area contributed by atoms with Crippen LogP contribution in [0.5, 0.6) is 0 Å². The number of aryl methyl sites for hydroxylation is 1. The Kier molecular flexibility index (Phi) is 6.93. The molecule has 2 aromatic heterocycles. The summed E-state index contributed by atoms with van der Waals surface area (Å²) in [6, 6.07) is 10.6. The number of aliphatic carboxylic acids is 1. The molecule has 1 atom stereocenters. The maximum atomic E-state index is 12.7. The Balaban J connectivity index is 1.76. The second-order valence-electron chi connectivity index (χ2n) is 6.82. The lowest BCUT2D eigenvalue weighted by atomic mass is 9.97. The van der Waals surface area contributed by atoms with Gasteiger partial charge in [0.05, 0.1) is 17.0 Å². The molecule has 2 heterocycles. The third-order valence-electron chi connectivity index (χ3n) is 4.48. The van der Waals surface area contributed by atoms with E-state index in [9.17, 15) is 14.7 Å². The molecule has 160 valence electrons. The molecule has 1 amide bonds. The lowest BCUT2D eigenvalue weighted by Crippen LogP contribution is -2.29. The van der Waals surface area contributed by atoms with Gasteiger partial charge in [0.1, 0.15) is 0 Å². The number of guanidine groups is 1. The Bertz CT molecular complexity index is 1110. The predicted octanol–water partition coefficient (Wildman–Crippen LogP) is 2.41. The van der Waals surface area contributed by atoms with Gasteiger partial charge in [0.2, 0.25) is 5.13 Å². The van der Waals surface area contributed by atoms with Crippen LogP contribution in [0.25, 0.3) is 10.4 Å². The summed E-state index contributed by atoms with van der Waals surface area (Å²) in [5.41, 5.74) is 13.6. The minimum absolute atomic E-state index is 0.0713. The standard InChI is InChI=1S/C21H22N6O3S/c1-12-18(31-21(26-12)27-20(22)23)13-4-2-5-14(8-13)19(30)25-11-16(9-17(28)29)15-6-3-7-24-10-15/h2-8,10,16H,9,11H2,1H3,(H,25,30)(H,28,29)(H4,22,23,26,27). The number of nitrogens with zero attached hydrogens (tertiary/aromatic N) is 3. The van der Waals surface area contributed by atoms with Crippen molar-refractivity contribution in [2.45, 2.75) is 19.3 Å². The summed E-state index contributed by atoms with van der Waals surface area (Å²) < 4.78 is 0. The molecule has 3 rings (SSSR count). The third-order valence-corrected chi connectivity index (χ3v) is 5.58. The number of pyridine rings is 1. The number of carbonyl (C=O) groups excluding carboxylic acids is 1. The van der Waals surface area contributed by atoms with Crippen LogP contribution in [0.15, 0.2) is 53.8 Å². The summed E-state index contributed by atoms with van der Waals surface area (Å²) in [6.45, 7) is 2.02. The normalized spacial score (nSPS) is 11.5. The number of nitrogens with two attached hydrogens (primary N) is 2. The fraction of sp³-hybridized carbons (Fsp3) is 0.190. The van der Waals surface area contributed by atoms with Gasteiger partial charge in [-0.25, -0.2) is 4.98 Å². The second kappa shape index (κ2) is 9.81. The Labute approximate surface area is 182 Å². The average Bonchev–Trinajstić information content (AvgIpc) is 3.10. The van der Waals surface area contributed by atoms with E-state index in [1.54, 1.807) is 42.7 Å². The number of carboxylic acids is 1. The zero-order valence-electron chi connectivity index (χ0n) is 16.8. The largest absolute Gasteiger partial charge is 0.481 e. The zero-order valence-corrected chi connectivity index (χ0v) is 17.6. The topological polar surface area (TPSA) is 157 Å². The summed E-state index contributed by atoms with van der Waals surface area (Å²) >= 11 is 1.32. The molecule has 1 aromatic carbocycles. The number of aromatic nitrogens is 2. The van der Waals surface area contributed by atoms with Crippen molar-refractivity contribution in [3.05, 3.63) is 65.6 Å². The first-order valence-electron chi connectivity index (χ1n) is 9.41. The maximum absolute atomic E-state index is 12.7. The lowest BCUT2D eigenvalue weighted by Gasteiger charge is -2.16. The van der Waals surface area contributed by atoms with Gasteiger partial charge >= 0.3 is 5.97 Å². The smallest absolute Gasteiger partial charge is 0.304 e. The first-order chi connectivity index (χ1) is 14.8. The Morgan fingerprint density at radius 2 is 2.06 bits per heavy atom. The molecular formula is C21H22N6O3S. The van der Waals surface area contributed by atoms with E-state index in [1.807, 2.05) is 13.0 Å². The van der Waals surface area contributed by atoms with Crippen LogP contribution in [0, 0.1) is 6.92 Å². The van der Waals surface area contributed by atoms with Crippen LogP contribution in [0.1, 0.15) is 34.0 Å². The molecule has 0 aliphatic rings. The van der Waals surface area contributed by atoms with Gasteiger partial charge in [-0.3, -0.25) is 14.6 Å². The fourth-order valence-corrected chi connectivity index (χ4v) is 4.02. The van der Waals surface area contributed by atoms with Crippen molar-refractivity contribution in [2.24, 2.45) is 16.5 Å². The van der Waals surface area contributed by atoms with Crippen molar-refractivity contribution in [1.82, 2.24) is 15.3 Å². The highest BCUT2D eigenvalue weighted by molar-refractivity contribution is 7.18. The number of carboxylic acid groups (broad SMARTS) is 1. The van der Waals surface area contributed by atoms with Crippen molar-refractivity contribution in [3.63, 3.8) is 0 Å². The summed E-state index contributed by atoms with van der Waals surface area (Å²) in [5.74, 6) is -1.70. The molecule has 0 fully saturated rings. The Hall–Kier alpha value is -3.79. The van der Waals surface area contributed by atoms with Gasteiger partial charge in [-0.15, -0.1) is 0 Å². The molecule has 0 saturated heterocycles. The first-order valence-corrected chi connectivity index (χ1v) is 10.2. The molecule has 0 saturated carbocycles. The highest BCUT2D eigenvalue weighted by Crippen LogP contribution is 2.34. The number of hydrogen-bond donors (Lipinski definition) is 4. The van der Waals surface area contributed by atoms with Crippen molar-refractivity contribution >= 4 is 34.3 Å². The quantitative estimate of drug-likeness (QED) is 0.311. The molecule has 3 aromatic rings. The van der Waals surface area contributed by atoms with Crippen molar-refractivity contribution in [2.75, 3.05) is 6.54 Å². The zero-order chi connectivity index (χ0) is 22.4. The molecule has 0 aliphatic carbocycles. The minimum Gasteiger partial charge on any atom is -0.481 e. The number of thiazole rings is 1. The average molecular weight is 439 g/mol. The minimum atomic E-state index is -0.942. The first kappa shape index (κ1) is 21.9. The van der Waals surface area contributed by atoms with Crippen LogP contribution >= 0.6 is 11.3 Å². The van der Waals surface area contributed by atoms with Crippen LogP contribution in [-0.2, 0) is 4.79 Å². The van der Waals surface area contributed by atoms with Gasteiger partial charge in [-0.05, 0) is 36.2 Å². The van der Waals surface area contributed by atoms with E-state index in [4.69, 9.17) is 11.5 Å². The summed E-state index contributed by atoms with van der Waals surface area (Å²) in [5, 5.41) is 12.5. The van der Waals surface area contributed by atoms with E-state index >= 15 is 0 Å². The van der Waals surface area contributed by atoms with Crippen LogP contribution < -0.4 is 16.8 Å². The summed E-state index contributed by atoms with van der Waals surface area (Å²) in [6.07, 6.45) is 3.12. The molecular weight excluding hydrogens is 416 g/mol. The number of benzene rings is 1. The number of aliphatic imine (C=N–C) groups is 1. The van der Waals surface area contributed by atoms with Crippen LogP contribution in [-0.4, -0.2) is 39.5 Å². The van der Waals surface area contributed by atoms with Crippen LogP contribution in [0.3, 0.4) is 0 Å². The molecule has 31 heavy (non-hydrogen) atoms. The van der Waals surface area contributed by atoms with E-state index in [0.717, 1.165) is 21.7 Å². The SMILES string of the molecule is Cc1nc(N=C(N)N)sc1-c1cccc(C(=O)NCC(CC(=O)O)c2cccnc2)c1. The van der Waals surface area contributed by atoms with E-state index in [-0.39, 0.29) is 30.8 Å². The van der Waals surface area contributed by atoms with E-state index < -0.39 is 5.97 Å². The monoisotopic (exact) mass is 438 g/mol. The third kappa shape index (κ3) is 5.86. The lowest BCUT2D eigenvalue weighted by molar-refractivity contribution is -0.137. The Morgan fingerprint density at radius 1 is 1.26 bits per heavy atom. The number of carbonyl (C=O) groups is 2. The highest BCUT2D eigenvalue weighted by atomic mass is 32.1. The van der Waals surface area contributed by atoms with Crippen molar-refractivity contribution < 1.29 is 14.7 Å². The summed E-state index contributed by atoms with van der Waals surface area (Å²) in [7, 11) is 0. The number of hydrogen-bond acceptors (Lipinski definition) is 6. The van der Waals surface area contributed by atoms with E-state index in [1.165, 1.54) is 11.3 Å². The number of amides is 1. The van der Waals surface area contributed by atoms with Gasteiger partial charge in [0.25, 0.3) is 5.91 Å². The van der Waals surface area contributed by atoms with Gasteiger partial charge in [-0.1, -0.05) is 29.5 Å². The molecule has 1 unspecified atom stereocenters. The molecule has 10 heteroatoms. The fourth-order valence-electron chi connectivity index (χ4n) is 3.06. The van der Waals surface area contributed by atoms with Crippen molar-refractivity contribution in [1.29, 1.82) is 0 Å². The molecule has 9 nitrogen and oxygen atoms in total. The summed E-state index contributed by atoms with van der Waals surface area (Å²) in [4.78, 5) is 37.2.